The number of rotatable bonds is 4. The monoisotopic (exact) mass is 286 g/mol. The first kappa shape index (κ1) is 13.7. The summed E-state index contributed by atoms with van der Waals surface area (Å²) in [6, 6.07) is 8.78. The van der Waals surface area contributed by atoms with Crippen LogP contribution in [-0.2, 0) is 6.42 Å². The van der Waals surface area contributed by atoms with Crippen molar-refractivity contribution in [3.8, 4) is 6.07 Å². The second kappa shape index (κ2) is 5.95. The predicted molar refractivity (Wildman–Crippen MR) is 74.3 cm³/mol. The summed E-state index contributed by atoms with van der Waals surface area (Å²) in [5, 5.41) is 11.5. The van der Waals surface area contributed by atoms with E-state index in [0.29, 0.717) is 10.7 Å². The molecule has 1 aromatic heterocycles. The Hall–Kier alpha value is -2.72. The van der Waals surface area contributed by atoms with Gasteiger partial charge in [-0.3, -0.25) is 14.9 Å². The molecular weight excluding hydrogens is 276 g/mol. The third kappa shape index (κ3) is 3.18. The summed E-state index contributed by atoms with van der Waals surface area (Å²) >= 11 is 1.01. The minimum absolute atomic E-state index is 0.240. The smallest absolute Gasteiger partial charge is 0.260 e. The zero-order chi connectivity index (χ0) is 14.5. The maximum atomic E-state index is 12.0. The first-order valence-electron chi connectivity index (χ1n) is 5.63. The third-order valence-electron chi connectivity index (χ3n) is 2.44. The van der Waals surface area contributed by atoms with Gasteiger partial charge < -0.3 is 5.73 Å². The molecule has 20 heavy (non-hydrogen) atoms. The summed E-state index contributed by atoms with van der Waals surface area (Å²) in [4.78, 5) is 27.1. The molecule has 1 aromatic carbocycles. The number of hydrogen-bond donors (Lipinski definition) is 2. The number of amides is 2. The van der Waals surface area contributed by atoms with E-state index in [1.165, 1.54) is 6.20 Å². The molecule has 0 saturated carbocycles. The number of nitrogens with one attached hydrogen (secondary N) is 1. The highest BCUT2D eigenvalue weighted by molar-refractivity contribution is 7.17. The van der Waals surface area contributed by atoms with Gasteiger partial charge in [0.2, 0.25) is 0 Å². The van der Waals surface area contributed by atoms with E-state index in [1.807, 2.05) is 6.07 Å². The molecule has 0 saturated heterocycles. The lowest BCUT2D eigenvalue weighted by Crippen LogP contribution is -2.11. The molecule has 3 N–H and O–H groups in total. The Labute approximate surface area is 118 Å². The Morgan fingerprint density at radius 1 is 1.45 bits per heavy atom. The summed E-state index contributed by atoms with van der Waals surface area (Å²) in [6.07, 6.45) is 1.55. The molecule has 0 atom stereocenters. The van der Waals surface area contributed by atoms with Gasteiger partial charge >= 0.3 is 0 Å². The largest absolute Gasteiger partial charge is 0.365 e. The van der Waals surface area contributed by atoms with Gasteiger partial charge in [-0.1, -0.05) is 23.5 Å². The Bertz CT molecular complexity index is 702. The van der Waals surface area contributed by atoms with Crippen molar-refractivity contribution in [2.24, 2.45) is 5.73 Å². The van der Waals surface area contributed by atoms with Crippen LogP contribution >= 0.6 is 11.3 Å². The predicted octanol–water partition coefficient (Wildman–Crippen LogP) is 1.56. The van der Waals surface area contributed by atoms with Gasteiger partial charge in [-0.05, 0) is 17.7 Å². The number of benzene rings is 1. The lowest BCUT2D eigenvalue weighted by Gasteiger charge is -2.02. The minimum Gasteiger partial charge on any atom is -0.365 e. The standard InChI is InChI=1S/C13H10N4O2S/c14-5-4-8-2-1-3-9(6-8)12(19)17-13-16-7-10(20-13)11(15)18/h1-3,6-7H,4H2,(H2,15,18)(H,16,17,19). The maximum Gasteiger partial charge on any atom is 0.260 e. The summed E-state index contributed by atoms with van der Waals surface area (Å²) in [5.74, 6) is -0.936. The van der Waals surface area contributed by atoms with Crippen LogP contribution in [0, 0.1) is 11.3 Å². The molecule has 6 nitrogen and oxygen atoms in total. The number of nitriles is 1. The van der Waals surface area contributed by atoms with Crippen LogP contribution in [0.1, 0.15) is 25.6 Å². The number of hydrogen-bond acceptors (Lipinski definition) is 5. The van der Waals surface area contributed by atoms with Gasteiger partial charge in [0, 0.05) is 5.56 Å². The number of anilines is 1. The zero-order valence-electron chi connectivity index (χ0n) is 10.3. The van der Waals surface area contributed by atoms with Gasteiger partial charge in [-0.15, -0.1) is 0 Å². The quantitative estimate of drug-likeness (QED) is 0.888. The number of aromatic nitrogens is 1. The van der Waals surface area contributed by atoms with E-state index in [2.05, 4.69) is 10.3 Å². The van der Waals surface area contributed by atoms with Crippen LogP contribution in [0.2, 0.25) is 0 Å². The van der Waals surface area contributed by atoms with Crippen LogP contribution in [0.3, 0.4) is 0 Å². The van der Waals surface area contributed by atoms with Gasteiger partial charge in [-0.2, -0.15) is 5.26 Å². The molecule has 0 aliphatic carbocycles. The first-order valence-corrected chi connectivity index (χ1v) is 6.44. The average Bonchev–Trinajstić information content (AvgIpc) is 2.88. The molecule has 2 rings (SSSR count). The molecule has 2 amide bonds. The van der Waals surface area contributed by atoms with E-state index in [0.717, 1.165) is 16.9 Å². The van der Waals surface area contributed by atoms with E-state index < -0.39 is 5.91 Å². The van der Waals surface area contributed by atoms with Gasteiger partial charge in [0.1, 0.15) is 4.88 Å². The second-order valence-electron chi connectivity index (χ2n) is 3.88. The maximum absolute atomic E-state index is 12.0. The highest BCUT2D eigenvalue weighted by Crippen LogP contribution is 2.18. The lowest BCUT2D eigenvalue weighted by atomic mass is 10.1. The SMILES string of the molecule is N#CCc1cccc(C(=O)Nc2ncc(C(N)=O)s2)c1. The Balaban J connectivity index is 2.13. The fourth-order valence-electron chi connectivity index (χ4n) is 1.53. The molecule has 0 unspecified atom stereocenters. The molecule has 7 heteroatoms. The third-order valence-corrected chi connectivity index (χ3v) is 3.37. The molecule has 0 bridgehead atoms. The van der Waals surface area contributed by atoms with Crippen molar-refractivity contribution in [3.63, 3.8) is 0 Å². The van der Waals surface area contributed by atoms with E-state index in [-0.39, 0.29) is 17.2 Å². The van der Waals surface area contributed by atoms with E-state index in [4.69, 9.17) is 11.0 Å². The van der Waals surface area contributed by atoms with Crippen molar-refractivity contribution >= 4 is 28.3 Å². The van der Waals surface area contributed by atoms with Crippen LogP contribution in [0.5, 0.6) is 0 Å². The van der Waals surface area contributed by atoms with Gasteiger partial charge in [0.15, 0.2) is 5.13 Å². The van der Waals surface area contributed by atoms with Gasteiger partial charge in [-0.25, -0.2) is 4.98 Å². The molecule has 2 aromatic rings. The molecular formula is C13H10N4O2S. The Kier molecular flexibility index (Phi) is 4.08. The van der Waals surface area contributed by atoms with Crippen molar-refractivity contribution in [2.75, 3.05) is 5.32 Å². The van der Waals surface area contributed by atoms with Crippen molar-refractivity contribution in [2.45, 2.75) is 6.42 Å². The number of carbonyl (C=O) groups excluding carboxylic acids is 2. The highest BCUT2D eigenvalue weighted by Gasteiger charge is 2.11. The van der Waals surface area contributed by atoms with Gasteiger partial charge in [0.05, 0.1) is 18.7 Å². The van der Waals surface area contributed by atoms with Gasteiger partial charge in [0.25, 0.3) is 11.8 Å². The number of primary amides is 1. The van der Waals surface area contributed by atoms with E-state index in [9.17, 15) is 9.59 Å². The highest BCUT2D eigenvalue weighted by atomic mass is 32.1. The molecule has 0 spiro atoms. The van der Waals surface area contributed by atoms with Crippen molar-refractivity contribution in [1.82, 2.24) is 4.98 Å². The zero-order valence-corrected chi connectivity index (χ0v) is 11.1. The molecule has 100 valence electrons. The Morgan fingerprint density at radius 3 is 2.90 bits per heavy atom. The van der Waals surface area contributed by atoms with Crippen LogP contribution in [0.25, 0.3) is 0 Å². The number of nitrogens with zero attached hydrogens (tertiary/aromatic N) is 2. The molecule has 0 radical (unpaired) electrons. The molecule has 0 aliphatic heterocycles. The fraction of sp³-hybridized carbons (Fsp3) is 0.0769. The van der Waals surface area contributed by atoms with Crippen LogP contribution in [0.15, 0.2) is 30.5 Å². The fourth-order valence-corrected chi connectivity index (χ4v) is 2.19. The normalized spacial score (nSPS) is 9.75. The van der Waals surface area contributed by atoms with Crippen molar-refractivity contribution < 1.29 is 9.59 Å². The van der Waals surface area contributed by atoms with E-state index >= 15 is 0 Å². The molecule has 1 heterocycles. The number of nitrogens with two attached hydrogens (primary N) is 1. The summed E-state index contributed by atoms with van der Waals surface area (Å²) in [6.45, 7) is 0. The Morgan fingerprint density at radius 2 is 2.25 bits per heavy atom. The number of thiazole rings is 1. The van der Waals surface area contributed by atoms with E-state index in [1.54, 1.807) is 24.3 Å². The van der Waals surface area contributed by atoms with Crippen molar-refractivity contribution in [1.29, 1.82) is 5.26 Å². The molecule has 0 fully saturated rings. The average molecular weight is 286 g/mol. The lowest BCUT2D eigenvalue weighted by molar-refractivity contribution is 0.100. The topological polar surface area (TPSA) is 109 Å². The summed E-state index contributed by atoms with van der Waals surface area (Å²) < 4.78 is 0. The molecule has 0 aliphatic rings. The van der Waals surface area contributed by atoms with Crippen LogP contribution in [-0.4, -0.2) is 16.8 Å². The second-order valence-corrected chi connectivity index (χ2v) is 4.91. The number of carbonyl (C=O) groups is 2. The van der Waals surface area contributed by atoms with Crippen molar-refractivity contribution in [3.05, 3.63) is 46.5 Å². The van der Waals surface area contributed by atoms with Crippen LogP contribution in [0.4, 0.5) is 5.13 Å². The summed E-state index contributed by atoms with van der Waals surface area (Å²) in [5.41, 5.74) is 6.30. The minimum atomic E-state index is -0.584. The summed E-state index contributed by atoms with van der Waals surface area (Å²) in [7, 11) is 0. The first-order chi connectivity index (χ1) is 9.60. The van der Waals surface area contributed by atoms with Crippen LogP contribution < -0.4 is 11.1 Å².